The molecule has 0 radical (unpaired) electrons. The molecule has 0 fully saturated rings. The van der Waals surface area contributed by atoms with E-state index in [1.165, 1.54) is 7.05 Å². The number of carbonyl (C=O) groups is 2. The minimum absolute atomic E-state index is 0.0717. The molecule has 16 heteroatoms. The number of carboxylic acids is 1. The third-order valence-corrected chi connectivity index (χ3v) is 7.93. The monoisotopic (exact) mass is 624 g/mol. The van der Waals surface area contributed by atoms with Crippen LogP contribution in [0.15, 0.2) is 58.4 Å². The number of hydrogen-bond acceptors (Lipinski definition) is 6. The van der Waals surface area contributed by atoms with Crippen LogP contribution in [0.25, 0.3) is 0 Å². The molecule has 0 spiro atoms. The third-order valence-electron chi connectivity index (χ3n) is 6.06. The molecule has 0 saturated heterocycles. The maximum Gasteiger partial charge on any atom is 0.490 e. The number of amidine groups is 1. The lowest BCUT2D eigenvalue weighted by Gasteiger charge is -2.20. The molecule has 1 heterocycles. The molecule has 0 unspecified atom stereocenters. The van der Waals surface area contributed by atoms with Gasteiger partial charge in [-0.25, -0.2) is 17.5 Å². The number of amides is 1. The molecule has 2 aromatic carbocycles. The molecule has 1 aliphatic rings. The summed E-state index contributed by atoms with van der Waals surface area (Å²) in [5.74, 6) is -1.96. The summed E-state index contributed by atoms with van der Waals surface area (Å²) in [6, 6.07) is 11.4. The molecule has 9 nitrogen and oxygen atoms in total. The van der Waals surface area contributed by atoms with E-state index >= 15 is 0 Å². The van der Waals surface area contributed by atoms with Crippen molar-refractivity contribution in [2.75, 3.05) is 40.3 Å². The van der Waals surface area contributed by atoms with Crippen molar-refractivity contribution in [3.05, 3.63) is 65.2 Å². The van der Waals surface area contributed by atoms with Crippen LogP contribution in [0.1, 0.15) is 29.5 Å². The Bertz CT molecular complexity index is 1350. The molecule has 232 valence electrons. The summed E-state index contributed by atoms with van der Waals surface area (Å²) < 4.78 is 96.1. The minimum Gasteiger partial charge on any atom is -0.475 e. The molecule has 0 aliphatic carbocycles. The van der Waals surface area contributed by atoms with E-state index in [9.17, 15) is 39.6 Å². The smallest absolute Gasteiger partial charge is 0.475 e. The maximum atomic E-state index is 12.7. The van der Waals surface area contributed by atoms with Gasteiger partial charge in [-0.1, -0.05) is 24.3 Å². The van der Waals surface area contributed by atoms with E-state index < -0.39 is 33.9 Å². The Morgan fingerprint density at radius 1 is 0.952 bits per heavy atom. The van der Waals surface area contributed by atoms with Gasteiger partial charge in [-0.05, 0) is 42.7 Å². The van der Waals surface area contributed by atoms with Gasteiger partial charge in [-0.15, -0.1) is 0 Å². The van der Waals surface area contributed by atoms with Crippen molar-refractivity contribution in [1.82, 2.24) is 14.5 Å². The first-order valence-corrected chi connectivity index (χ1v) is 13.9. The van der Waals surface area contributed by atoms with E-state index in [0.29, 0.717) is 19.4 Å². The molecule has 1 aliphatic heterocycles. The van der Waals surface area contributed by atoms with Gasteiger partial charge in [0.15, 0.2) is 0 Å². The number of alkyl halides is 6. The second-order valence-corrected chi connectivity index (χ2v) is 11.2. The fourth-order valence-electron chi connectivity index (χ4n) is 3.60. The van der Waals surface area contributed by atoms with Crippen LogP contribution in [0.4, 0.5) is 26.3 Å². The second kappa shape index (κ2) is 14.5. The number of rotatable bonds is 10. The first kappa shape index (κ1) is 34.5. The fourth-order valence-corrected chi connectivity index (χ4v) is 4.81. The van der Waals surface area contributed by atoms with Crippen molar-refractivity contribution in [2.24, 2.45) is 4.99 Å². The number of aliphatic carboxylic acids is 1. The van der Waals surface area contributed by atoms with E-state index in [1.54, 1.807) is 11.9 Å². The second-order valence-electron chi connectivity index (χ2n) is 9.17. The van der Waals surface area contributed by atoms with Gasteiger partial charge in [0.2, 0.25) is 15.9 Å². The molecule has 1 amide bonds. The van der Waals surface area contributed by atoms with E-state index in [-0.39, 0.29) is 23.8 Å². The molecule has 2 aromatic rings. The fraction of sp³-hybridized carbons (Fsp3) is 0.423. The first-order valence-electron chi connectivity index (χ1n) is 12.5. The summed E-state index contributed by atoms with van der Waals surface area (Å²) in [6.45, 7) is 2.22. The Balaban J connectivity index is 0.000000782. The van der Waals surface area contributed by atoms with Crippen LogP contribution >= 0.6 is 0 Å². The summed E-state index contributed by atoms with van der Waals surface area (Å²) in [7, 11) is -0.898. The molecular weight excluding hydrogens is 594 g/mol. The zero-order valence-electron chi connectivity index (χ0n) is 22.7. The highest BCUT2D eigenvalue weighted by Crippen LogP contribution is 2.30. The van der Waals surface area contributed by atoms with Crippen LogP contribution in [0.3, 0.4) is 0 Å². The molecule has 0 bridgehead atoms. The average Bonchev–Trinajstić information content (AvgIpc) is 3.46. The van der Waals surface area contributed by atoms with Gasteiger partial charge < -0.3 is 15.3 Å². The van der Waals surface area contributed by atoms with Crippen LogP contribution in [-0.4, -0.2) is 86.9 Å². The predicted molar refractivity (Wildman–Crippen MR) is 141 cm³/mol. The molecule has 0 atom stereocenters. The lowest BCUT2D eigenvalue weighted by atomic mass is 10.1. The van der Waals surface area contributed by atoms with E-state index in [4.69, 9.17) is 9.90 Å². The van der Waals surface area contributed by atoms with Crippen molar-refractivity contribution in [1.29, 1.82) is 0 Å². The van der Waals surface area contributed by atoms with Crippen LogP contribution in [0.5, 0.6) is 0 Å². The Labute approximate surface area is 238 Å². The Kier molecular flexibility index (Phi) is 11.9. The molecule has 0 saturated carbocycles. The van der Waals surface area contributed by atoms with Crippen LogP contribution in [0.2, 0.25) is 0 Å². The highest BCUT2D eigenvalue weighted by atomic mass is 32.2. The van der Waals surface area contributed by atoms with Crippen molar-refractivity contribution in [2.45, 2.75) is 36.5 Å². The topological polar surface area (TPSA) is 119 Å². The summed E-state index contributed by atoms with van der Waals surface area (Å²) in [4.78, 5) is 27.1. The molecule has 0 aromatic heterocycles. The van der Waals surface area contributed by atoms with Crippen molar-refractivity contribution in [3.8, 4) is 0 Å². The van der Waals surface area contributed by atoms with Crippen molar-refractivity contribution < 1.29 is 49.5 Å². The van der Waals surface area contributed by atoms with Crippen molar-refractivity contribution in [3.63, 3.8) is 0 Å². The highest BCUT2D eigenvalue weighted by Gasteiger charge is 2.38. The summed E-state index contributed by atoms with van der Waals surface area (Å²) in [6.07, 6.45) is -8.48. The number of sulfonamides is 1. The lowest BCUT2D eigenvalue weighted by Crippen LogP contribution is -2.31. The number of carboxylic acid groups (broad SMARTS) is 1. The van der Waals surface area contributed by atoms with Gasteiger partial charge in [-0.2, -0.15) is 26.3 Å². The first-order chi connectivity index (χ1) is 19.4. The van der Waals surface area contributed by atoms with Crippen LogP contribution in [0, 0.1) is 0 Å². The minimum atomic E-state index is -5.08. The van der Waals surface area contributed by atoms with Gasteiger partial charge in [0.1, 0.15) is 5.84 Å². The SMILES string of the molecule is CN(CCc1ccc(C2=NCCN2)cc1)C(=O)CCCN(C)S(=O)(=O)c1ccc(C(F)(F)F)cc1.O=C(O)C(F)(F)F. The van der Waals surface area contributed by atoms with Gasteiger partial charge in [0.05, 0.1) is 17.0 Å². The van der Waals surface area contributed by atoms with Gasteiger partial charge in [0.25, 0.3) is 0 Å². The number of aliphatic imine (C=N–C) groups is 1. The van der Waals surface area contributed by atoms with Gasteiger partial charge in [-0.3, -0.25) is 9.79 Å². The highest BCUT2D eigenvalue weighted by molar-refractivity contribution is 7.89. The Morgan fingerprint density at radius 2 is 1.52 bits per heavy atom. The standard InChI is InChI=1S/C24H29F3N4O3S.C2HF3O2/c1-30(17-13-18-5-7-19(8-6-18)23-28-14-15-29-23)22(32)4-3-16-31(2)35(33,34)21-11-9-20(10-12-21)24(25,26)27;3-2(4,5)1(6)7/h5-12H,3-4,13-17H2,1-2H3,(H,28,29);(H,6,7). The van der Waals surface area contributed by atoms with Gasteiger partial charge >= 0.3 is 18.3 Å². The molecular formula is C26H30F6N4O5S. The summed E-state index contributed by atoms with van der Waals surface area (Å²) in [5.41, 5.74) is 1.21. The van der Waals surface area contributed by atoms with E-state index in [1.807, 2.05) is 24.3 Å². The van der Waals surface area contributed by atoms with Crippen LogP contribution < -0.4 is 5.32 Å². The number of nitrogens with zero attached hydrogens (tertiary/aromatic N) is 3. The number of carbonyl (C=O) groups excluding carboxylic acids is 1. The third kappa shape index (κ3) is 10.3. The van der Waals surface area contributed by atoms with Crippen molar-refractivity contribution >= 4 is 27.7 Å². The number of hydrogen-bond donors (Lipinski definition) is 2. The van der Waals surface area contributed by atoms with Crippen LogP contribution in [-0.2, 0) is 32.2 Å². The predicted octanol–water partition coefficient (Wildman–Crippen LogP) is 3.79. The summed E-state index contributed by atoms with van der Waals surface area (Å²) >= 11 is 0. The van der Waals surface area contributed by atoms with Gasteiger partial charge in [0, 0.05) is 45.7 Å². The number of nitrogens with one attached hydrogen (secondary N) is 1. The quantitative estimate of drug-likeness (QED) is 0.389. The number of halogens is 6. The van der Waals surface area contributed by atoms with E-state index in [0.717, 1.165) is 58.6 Å². The molecule has 42 heavy (non-hydrogen) atoms. The lowest BCUT2D eigenvalue weighted by molar-refractivity contribution is -0.192. The average molecular weight is 625 g/mol. The summed E-state index contributed by atoms with van der Waals surface area (Å²) in [5, 5.41) is 10.4. The zero-order valence-corrected chi connectivity index (χ0v) is 23.5. The zero-order chi connectivity index (χ0) is 31.7. The normalized spacial score (nSPS) is 13.6. The Hall–Kier alpha value is -3.66. The van der Waals surface area contributed by atoms with E-state index in [2.05, 4.69) is 10.3 Å². The number of likely N-dealkylation sites (N-methyl/N-ethyl adjacent to an activating group) is 1. The molecule has 3 rings (SSSR count). The number of benzene rings is 2. The largest absolute Gasteiger partial charge is 0.490 e. The maximum absolute atomic E-state index is 12.7. The molecule has 2 N–H and O–H groups in total. The Morgan fingerprint density at radius 3 is 2.00 bits per heavy atom.